The van der Waals surface area contributed by atoms with E-state index in [1.54, 1.807) is 12.1 Å². The fourth-order valence-electron chi connectivity index (χ4n) is 2.37. The lowest BCUT2D eigenvalue weighted by molar-refractivity contribution is -0.385. The average Bonchev–Trinajstić information content (AvgIpc) is 2.46. The first-order valence-corrected chi connectivity index (χ1v) is 6.25. The second-order valence-electron chi connectivity index (χ2n) is 4.68. The van der Waals surface area contributed by atoms with E-state index in [0.717, 1.165) is 31.6 Å². The van der Waals surface area contributed by atoms with Gasteiger partial charge in [0.1, 0.15) is 11.6 Å². The van der Waals surface area contributed by atoms with Gasteiger partial charge in [-0.05, 0) is 31.5 Å². The molecule has 0 aliphatic carbocycles. The quantitative estimate of drug-likeness (QED) is 0.660. The molecule has 1 fully saturated rings. The van der Waals surface area contributed by atoms with Crippen molar-refractivity contribution in [2.24, 2.45) is 0 Å². The molecule has 1 unspecified atom stereocenters. The number of nitro benzene ring substituents is 1. The van der Waals surface area contributed by atoms with E-state index in [2.05, 4.69) is 10.2 Å². The van der Waals surface area contributed by atoms with E-state index in [1.807, 2.05) is 13.1 Å². The first kappa shape index (κ1) is 13.3. The summed E-state index contributed by atoms with van der Waals surface area (Å²) in [6.45, 7) is 1.93. The molecule has 1 N–H and O–H groups in total. The predicted octanol–water partition coefficient (Wildman–Crippen LogP) is 1.65. The molecule has 0 amide bonds. The third kappa shape index (κ3) is 2.83. The summed E-state index contributed by atoms with van der Waals surface area (Å²) in [5.74, 6) is 0. The van der Waals surface area contributed by atoms with Crippen LogP contribution in [0.5, 0.6) is 0 Å². The molecule has 1 aliphatic rings. The van der Waals surface area contributed by atoms with Crippen molar-refractivity contribution in [1.29, 1.82) is 5.26 Å². The highest BCUT2D eigenvalue weighted by Gasteiger charge is 2.20. The SMILES string of the molecule is CN(c1ccc([N+](=O)[O-])c(C#N)c1)C1CCCNC1. The maximum atomic E-state index is 10.8. The molecule has 100 valence electrons. The second-order valence-corrected chi connectivity index (χ2v) is 4.68. The lowest BCUT2D eigenvalue weighted by Crippen LogP contribution is -2.44. The Hall–Kier alpha value is -2.13. The Morgan fingerprint density at radius 3 is 2.95 bits per heavy atom. The lowest BCUT2D eigenvalue weighted by atomic mass is 10.0. The van der Waals surface area contributed by atoms with Gasteiger partial charge in [0.25, 0.3) is 5.69 Å². The molecule has 1 atom stereocenters. The van der Waals surface area contributed by atoms with E-state index in [0.29, 0.717) is 6.04 Å². The lowest BCUT2D eigenvalue weighted by Gasteiger charge is -2.33. The molecular formula is C13H16N4O2. The van der Waals surface area contributed by atoms with Crippen LogP contribution in [0, 0.1) is 21.4 Å². The minimum Gasteiger partial charge on any atom is -0.370 e. The van der Waals surface area contributed by atoms with Crippen LogP contribution in [0.4, 0.5) is 11.4 Å². The van der Waals surface area contributed by atoms with Gasteiger partial charge in [-0.15, -0.1) is 0 Å². The Balaban J connectivity index is 2.25. The number of hydrogen-bond donors (Lipinski definition) is 1. The highest BCUT2D eigenvalue weighted by Crippen LogP contribution is 2.26. The molecule has 0 bridgehead atoms. The van der Waals surface area contributed by atoms with Gasteiger partial charge in [0.05, 0.1) is 4.92 Å². The van der Waals surface area contributed by atoms with Gasteiger partial charge in [-0.3, -0.25) is 10.1 Å². The van der Waals surface area contributed by atoms with Gasteiger partial charge in [-0.1, -0.05) is 0 Å². The van der Waals surface area contributed by atoms with Gasteiger partial charge in [0.15, 0.2) is 0 Å². The third-order valence-electron chi connectivity index (χ3n) is 3.52. The number of nitro groups is 1. The van der Waals surface area contributed by atoms with Gasteiger partial charge in [-0.2, -0.15) is 5.26 Å². The van der Waals surface area contributed by atoms with Crippen molar-refractivity contribution in [3.05, 3.63) is 33.9 Å². The Kier molecular flexibility index (Phi) is 3.97. The Morgan fingerprint density at radius 1 is 1.58 bits per heavy atom. The first-order valence-electron chi connectivity index (χ1n) is 6.25. The summed E-state index contributed by atoms with van der Waals surface area (Å²) in [5, 5.41) is 23.1. The number of nitrogens with zero attached hydrogens (tertiary/aromatic N) is 3. The van der Waals surface area contributed by atoms with E-state index in [1.165, 1.54) is 6.07 Å². The maximum absolute atomic E-state index is 10.8. The van der Waals surface area contributed by atoms with Gasteiger partial charge >= 0.3 is 0 Å². The normalized spacial score (nSPS) is 18.6. The molecular weight excluding hydrogens is 244 g/mol. The second kappa shape index (κ2) is 5.67. The highest BCUT2D eigenvalue weighted by molar-refractivity contribution is 5.60. The maximum Gasteiger partial charge on any atom is 0.287 e. The number of rotatable bonds is 3. The number of piperidine rings is 1. The third-order valence-corrected chi connectivity index (χ3v) is 3.52. The van der Waals surface area contributed by atoms with Crippen molar-refractivity contribution in [1.82, 2.24) is 5.32 Å². The largest absolute Gasteiger partial charge is 0.370 e. The minimum absolute atomic E-state index is 0.109. The number of likely N-dealkylation sites (N-methyl/N-ethyl adjacent to an activating group) is 1. The summed E-state index contributed by atoms with van der Waals surface area (Å²) >= 11 is 0. The van der Waals surface area contributed by atoms with Gasteiger partial charge in [0, 0.05) is 31.4 Å². The number of anilines is 1. The molecule has 6 heteroatoms. The van der Waals surface area contributed by atoms with Crippen molar-refractivity contribution in [2.75, 3.05) is 25.0 Å². The standard InChI is InChI=1S/C13H16N4O2/c1-16(12-3-2-6-15-9-12)11-4-5-13(17(18)19)10(7-11)8-14/h4-5,7,12,15H,2-3,6,9H2,1H3. The number of hydrogen-bond acceptors (Lipinski definition) is 5. The molecule has 0 aromatic heterocycles. The molecule has 1 aromatic rings. The smallest absolute Gasteiger partial charge is 0.287 e. The number of nitriles is 1. The highest BCUT2D eigenvalue weighted by atomic mass is 16.6. The van der Waals surface area contributed by atoms with Crippen LogP contribution >= 0.6 is 0 Å². The molecule has 1 saturated heterocycles. The van der Waals surface area contributed by atoms with E-state index in [4.69, 9.17) is 5.26 Å². The molecule has 0 saturated carbocycles. The first-order chi connectivity index (χ1) is 9.13. The summed E-state index contributed by atoms with van der Waals surface area (Å²) in [5.41, 5.74) is 0.815. The van der Waals surface area contributed by atoms with Crippen LogP contribution in [0.15, 0.2) is 18.2 Å². The Bertz CT molecular complexity index is 518. The van der Waals surface area contributed by atoms with Crippen LogP contribution in [-0.2, 0) is 0 Å². The van der Waals surface area contributed by atoms with Crippen molar-refractivity contribution in [3.63, 3.8) is 0 Å². The topological polar surface area (TPSA) is 82.2 Å². The van der Waals surface area contributed by atoms with Crippen molar-refractivity contribution in [2.45, 2.75) is 18.9 Å². The van der Waals surface area contributed by atoms with Crippen molar-refractivity contribution in [3.8, 4) is 6.07 Å². The van der Waals surface area contributed by atoms with Gasteiger partial charge in [0.2, 0.25) is 0 Å². The monoisotopic (exact) mass is 260 g/mol. The zero-order valence-electron chi connectivity index (χ0n) is 10.8. The molecule has 1 aromatic carbocycles. The summed E-state index contributed by atoms with van der Waals surface area (Å²) in [4.78, 5) is 12.4. The summed E-state index contributed by atoms with van der Waals surface area (Å²) < 4.78 is 0. The van der Waals surface area contributed by atoms with E-state index in [9.17, 15) is 10.1 Å². The number of benzene rings is 1. The van der Waals surface area contributed by atoms with Crippen LogP contribution in [0.2, 0.25) is 0 Å². The van der Waals surface area contributed by atoms with Gasteiger partial charge in [-0.25, -0.2) is 0 Å². The fourth-order valence-corrected chi connectivity index (χ4v) is 2.37. The predicted molar refractivity (Wildman–Crippen MR) is 72.1 cm³/mol. The molecule has 1 aliphatic heterocycles. The molecule has 2 rings (SSSR count). The van der Waals surface area contributed by atoms with E-state index >= 15 is 0 Å². The average molecular weight is 260 g/mol. The van der Waals surface area contributed by atoms with E-state index in [-0.39, 0.29) is 11.3 Å². The molecule has 1 heterocycles. The fraction of sp³-hybridized carbons (Fsp3) is 0.462. The minimum atomic E-state index is -0.523. The van der Waals surface area contributed by atoms with E-state index < -0.39 is 4.92 Å². The van der Waals surface area contributed by atoms with Crippen LogP contribution in [0.3, 0.4) is 0 Å². The molecule has 6 nitrogen and oxygen atoms in total. The molecule has 19 heavy (non-hydrogen) atoms. The zero-order chi connectivity index (χ0) is 13.8. The Morgan fingerprint density at radius 2 is 2.37 bits per heavy atom. The summed E-state index contributed by atoms with van der Waals surface area (Å²) in [7, 11) is 1.96. The summed E-state index contributed by atoms with van der Waals surface area (Å²) in [6, 6.07) is 6.95. The van der Waals surface area contributed by atoms with Crippen LogP contribution in [0.1, 0.15) is 18.4 Å². The number of nitrogens with one attached hydrogen (secondary N) is 1. The van der Waals surface area contributed by atoms with Crippen molar-refractivity contribution < 1.29 is 4.92 Å². The van der Waals surface area contributed by atoms with Crippen molar-refractivity contribution >= 4 is 11.4 Å². The van der Waals surface area contributed by atoms with Crippen LogP contribution in [-0.4, -0.2) is 31.1 Å². The molecule has 0 spiro atoms. The van der Waals surface area contributed by atoms with Gasteiger partial charge < -0.3 is 10.2 Å². The van der Waals surface area contributed by atoms with Crippen LogP contribution < -0.4 is 10.2 Å². The summed E-state index contributed by atoms with van der Waals surface area (Å²) in [6.07, 6.45) is 2.20. The van der Waals surface area contributed by atoms with Crippen LogP contribution in [0.25, 0.3) is 0 Å². The molecule has 0 radical (unpaired) electrons. The Labute approximate surface area is 111 Å². The zero-order valence-corrected chi connectivity index (χ0v) is 10.8.